The monoisotopic (exact) mass is 233 g/mol. The maximum Gasteiger partial charge on any atom is 0.239 e. The molecule has 1 amide bonds. The molecule has 0 radical (unpaired) electrons. The number of nitrogens with zero attached hydrogens (tertiary/aromatic N) is 1. The number of nitrogens with one attached hydrogen (secondary N) is 2. The molecule has 2 saturated heterocycles. The summed E-state index contributed by atoms with van der Waals surface area (Å²) in [5, 5.41) is 6.60. The average Bonchev–Trinajstić information content (AvgIpc) is 2.69. The summed E-state index contributed by atoms with van der Waals surface area (Å²) in [4.78, 5) is 14.0. The molecular weight excluding hydrogens is 214 g/mol. The van der Waals surface area contributed by atoms with Crippen LogP contribution in [0.3, 0.4) is 0 Å². The predicted molar refractivity (Wildman–Crippen MR) is 62.3 cm³/mol. The van der Waals surface area contributed by atoms with Crippen molar-refractivity contribution in [3.05, 3.63) is 0 Å². The van der Waals surface area contributed by atoms with Crippen molar-refractivity contribution in [2.75, 3.05) is 26.2 Å². The van der Waals surface area contributed by atoms with Crippen LogP contribution in [0.1, 0.15) is 19.8 Å². The van der Waals surface area contributed by atoms with Crippen LogP contribution in [0.25, 0.3) is 0 Å². The highest BCUT2D eigenvalue weighted by Gasteiger charge is 2.28. The van der Waals surface area contributed by atoms with Gasteiger partial charge in [0, 0.05) is 25.7 Å². The SMILES string of the molecule is C[C@@H]1CN(C(=O)[C@H]2CCCN2)CCN1.Cl. The largest absolute Gasteiger partial charge is 0.339 e. The molecule has 0 unspecified atom stereocenters. The van der Waals surface area contributed by atoms with E-state index in [0.29, 0.717) is 11.9 Å². The first-order valence-electron chi connectivity index (χ1n) is 5.53. The van der Waals surface area contributed by atoms with E-state index >= 15 is 0 Å². The van der Waals surface area contributed by atoms with E-state index < -0.39 is 0 Å². The Kier molecular flexibility index (Phi) is 4.83. The molecule has 0 aromatic rings. The number of amides is 1. The summed E-state index contributed by atoms with van der Waals surface area (Å²) in [6.45, 7) is 5.78. The lowest BCUT2D eigenvalue weighted by Crippen LogP contribution is -2.55. The molecule has 0 aromatic carbocycles. The van der Waals surface area contributed by atoms with Gasteiger partial charge in [0.15, 0.2) is 0 Å². The van der Waals surface area contributed by atoms with Crippen molar-refractivity contribution in [1.29, 1.82) is 0 Å². The summed E-state index contributed by atoms with van der Waals surface area (Å²) in [7, 11) is 0. The summed E-state index contributed by atoms with van der Waals surface area (Å²) >= 11 is 0. The van der Waals surface area contributed by atoms with Crippen LogP contribution in [0.4, 0.5) is 0 Å². The maximum absolute atomic E-state index is 12.0. The third-order valence-corrected chi connectivity index (χ3v) is 3.04. The second-order valence-electron chi connectivity index (χ2n) is 4.29. The fourth-order valence-electron chi connectivity index (χ4n) is 2.25. The van der Waals surface area contributed by atoms with Gasteiger partial charge >= 0.3 is 0 Å². The predicted octanol–water partition coefficient (Wildman–Crippen LogP) is -0.0195. The van der Waals surface area contributed by atoms with Gasteiger partial charge in [0.05, 0.1) is 6.04 Å². The molecule has 2 heterocycles. The molecule has 2 aliphatic heterocycles. The first kappa shape index (κ1) is 12.7. The zero-order valence-corrected chi connectivity index (χ0v) is 9.98. The normalized spacial score (nSPS) is 31.1. The second-order valence-corrected chi connectivity index (χ2v) is 4.29. The standard InChI is InChI=1S/C10H19N3O.ClH/c1-8-7-13(6-5-11-8)10(14)9-3-2-4-12-9;/h8-9,11-12H,2-7H2,1H3;1H/t8-,9-;/m1./s1. The minimum absolute atomic E-state index is 0. The maximum atomic E-state index is 12.0. The second kappa shape index (κ2) is 5.68. The van der Waals surface area contributed by atoms with Gasteiger partial charge in [-0.05, 0) is 26.3 Å². The van der Waals surface area contributed by atoms with Gasteiger partial charge in [-0.3, -0.25) is 4.79 Å². The van der Waals surface area contributed by atoms with Crippen LogP contribution < -0.4 is 10.6 Å². The Balaban J connectivity index is 0.00000112. The summed E-state index contributed by atoms with van der Waals surface area (Å²) in [6.07, 6.45) is 2.15. The van der Waals surface area contributed by atoms with Crippen molar-refractivity contribution in [2.24, 2.45) is 0 Å². The highest BCUT2D eigenvalue weighted by molar-refractivity contribution is 5.85. The zero-order chi connectivity index (χ0) is 9.97. The number of halogens is 1. The molecular formula is C10H20ClN3O. The Labute approximate surface area is 97.2 Å². The van der Waals surface area contributed by atoms with Crippen LogP contribution in [-0.2, 0) is 4.79 Å². The minimum Gasteiger partial charge on any atom is -0.339 e. The van der Waals surface area contributed by atoms with Crippen LogP contribution in [0.15, 0.2) is 0 Å². The number of hydrogen-bond donors (Lipinski definition) is 2. The molecule has 4 nitrogen and oxygen atoms in total. The van der Waals surface area contributed by atoms with Crippen molar-refractivity contribution in [1.82, 2.24) is 15.5 Å². The Morgan fingerprint density at radius 3 is 2.73 bits per heavy atom. The first-order valence-corrected chi connectivity index (χ1v) is 5.53. The molecule has 5 heteroatoms. The van der Waals surface area contributed by atoms with Gasteiger partial charge in [-0.25, -0.2) is 0 Å². The van der Waals surface area contributed by atoms with Gasteiger partial charge in [-0.2, -0.15) is 0 Å². The van der Waals surface area contributed by atoms with Gasteiger partial charge < -0.3 is 15.5 Å². The summed E-state index contributed by atoms with van der Waals surface area (Å²) in [5.74, 6) is 0.302. The lowest BCUT2D eigenvalue weighted by Gasteiger charge is -2.33. The first-order chi connectivity index (χ1) is 6.77. The van der Waals surface area contributed by atoms with Gasteiger partial charge in [0.1, 0.15) is 0 Å². The van der Waals surface area contributed by atoms with Crippen LogP contribution in [-0.4, -0.2) is 49.1 Å². The number of rotatable bonds is 1. The molecule has 2 aliphatic rings. The number of carbonyl (C=O) groups is 1. The van der Waals surface area contributed by atoms with Gasteiger partial charge in [-0.1, -0.05) is 0 Å². The van der Waals surface area contributed by atoms with Gasteiger partial charge in [0.25, 0.3) is 0 Å². The van der Waals surface area contributed by atoms with Crippen molar-refractivity contribution in [2.45, 2.75) is 31.8 Å². The third-order valence-electron chi connectivity index (χ3n) is 3.04. The Hall–Kier alpha value is -0.320. The van der Waals surface area contributed by atoms with E-state index in [-0.39, 0.29) is 18.4 Å². The molecule has 15 heavy (non-hydrogen) atoms. The quantitative estimate of drug-likeness (QED) is 0.669. The molecule has 0 aliphatic carbocycles. The molecule has 2 fully saturated rings. The van der Waals surface area contributed by atoms with E-state index in [9.17, 15) is 4.79 Å². The number of hydrogen-bond acceptors (Lipinski definition) is 3. The molecule has 0 spiro atoms. The van der Waals surface area contributed by atoms with E-state index in [1.807, 2.05) is 4.90 Å². The van der Waals surface area contributed by atoms with E-state index in [1.54, 1.807) is 0 Å². The Bertz CT molecular complexity index is 219. The molecule has 2 N–H and O–H groups in total. The smallest absolute Gasteiger partial charge is 0.239 e. The van der Waals surface area contributed by atoms with Crippen molar-refractivity contribution in [3.63, 3.8) is 0 Å². The summed E-state index contributed by atoms with van der Waals surface area (Å²) in [6, 6.07) is 0.536. The molecule has 88 valence electrons. The number of piperazine rings is 1. The fourth-order valence-corrected chi connectivity index (χ4v) is 2.25. The lowest BCUT2D eigenvalue weighted by atomic mass is 10.1. The van der Waals surface area contributed by atoms with Crippen molar-refractivity contribution in [3.8, 4) is 0 Å². The van der Waals surface area contributed by atoms with Crippen LogP contribution in [0.2, 0.25) is 0 Å². The van der Waals surface area contributed by atoms with Gasteiger partial charge in [0.2, 0.25) is 5.91 Å². The van der Waals surface area contributed by atoms with E-state index in [0.717, 1.165) is 39.0 Å². The summed E-state index contributed by atoms with van der Waals surface area (Å²) in [5.41, 5.74) is 0. The van der Waals surface area contributed by atoms with Gasteiger partial charge in [-0.15, -0.1) is 12.4 Å². The third kappa shape index (κ3) is 3.06. The van der Waals surface area contributed by atoms with E-state index in [4.69, 9.17) is 0 Å². The number of carbonyl (C=O) groups excluding carboxylic acids is 1. The minimum atomic E-state index is 0. The molecule has 2 atom stereocenters. The average molecular weight is 234 g/mol. The van der Waals surface area contributed by atoms with Crippen LogP contribution >= 0.6 is 12.4 Å². The van der Waals surface area contributed by atoms with E-state index in [1.165, 1.54) is 0 Å². The summed E-state index contributed by atoms with van der Waals surface area (Å²) < 4.78 is 0. The van der Waals surface area contributed by atoms with Crippen molar-refractivity contribution < 1.29 is 4.79 Å². The lowest BCUT2D eigenvalue weighted by molar-refractivity contribution is -0.134. The molecule has 0 aromatic heterocycles. The molecule has 0 bridgehead atoms. The zero-order valence-electron chi connectivity index (χ0n) is 9.16. The van der Waals surface area contributed by atoms with Crippen LogP contribution in [0.5, 0.6) is 0 Å². The fraction of sp³-hybridized carbons (Fsp3) is 0.900. The Morgan fingerprint density at radius 1 is 1.33 bits per heavy atom. The molecule has 0 saturated carbocycles. The Morgan fingerprint density at radius 2 is 2.13 bits per heavy atom. The van der Waals surface area contributed by atoms with E-state index in [2.05, 4.69) is 17.6 Å². The van der Waals surface area contributed by atoms with Crippen molar-refractivity contribution >= 4 is 18.3 Å². The highest BCUT2D eigenvalue weighted by atomic mass is 35.5. The molecule has 2 rings (SSSR count). The highest BCUT2D eigenvalue weighted by Crippen LogP contribution is 2.10. The van der Waals surface area contributed by atoms with Crippen LogP contribution in [0, 0.1) is 0 Å². The topological polar surface area (TPSA) is 44.4 Å².